The van der Waals surface area contributed by atoms with Gasteiger partial charge in [0, 0.05) is 50.7 Å². The van der Waals surface area contributed by atoms with Gasteiger partial charge in [0.05, 0.1) is 59.3 Å². The first-order valence-corrected chi connectivity index (χ1v) is 29.9. The molecule has 29 heteroatoms. The Morgan fingerprint density at radius 2 is 0.910 bits per heavy atom. The maximum Gasteiger partial charge on any atom is 1.00 e. The zero-order valence-corrected chi connectivity index (χ0v) is 64.5. The molecule has 2 heterocycles. The number of hydrogen-bond donors (Lipinski definition) is 3. The molecule has 2 fully saturated rings. The van der Waals surface area contributed by atoms with Gasteiger partial charge in [-0.05, 0) is 139 Å². The number of rotatable bonds is 20. The molecule has 0 radical (unpaired) electrons. The van der Waals surface area contributed by atoms with Crippen LogP contribution in [0.2, 0.25) is 0 Å². The molecule has 2 aliphatic heterocycles. The van der Waals surface area contributed by atoms with Crippen molar-refractivity contribution in [1.82, 2.24) is 0 Å². The fraction of sp³-hybridized carbons (Fsp3) is 0.467. The summed E-state index contributed by atoms with van der Waals surface area (Å²) in [5.74, 6) is -4.84. The van der Waals surface area contributed by atoms with Gasteiger partial charge in [0.1, 0.15) is 52.8 Å². The number of Topliss-reactive ketones (excluding diaryl/α,β-unsaturated/α-hetero) is 5. The number of aliphatic hydroxyl groups excluding tert-OH is 3. The van der Waals surface area contributed by atoms with E-state index in [2.05, 4.69) is 78.1 Å². The third-order valence-electron chi connectivity index (χ3n) is 10.5. The monoisotopic (exact) mass is 1570 g/mol. The molecule has 3 N–H and O–H groups in total. The van der Waals surface area contributed by atoms with Gasteiger partial charge < -0.3 is 60.1 Å². The molecular weight excluding hydrogens is 1500 g/mol. The summed E-state index contributed by atoms with van der Waals surface area (Å²) in [6.07, 6.45) is 3.08. The number of aliphatic hydroxyl groups is 3. The summed E-state index contributed by atoms with van der Waals surface area (Å²) in [6.45, 7) is 15.0. The predicted molar refractivity (Wildman–Crippen MR) is 327 cm³/mol. The second-order valence-corrected chi connectivity index (χ2v) is 21.3. The van der Waals surface area contributed by atoms with Crippen LogP contribution < -0.4 is 108 Å². The van der Waals surface area contributed by atoms with Gasteiger partial charge in [-0.15, -0.1) is 0 Å². The molecule has 89 heavy (non-hydrogen) atoms. The standard InChI is InChI=1S/C16H19FO5.C12H14BrFO2.C10H10BrFO.C7H5Br2F.C6H10O3.C5H8O2.C2H6O2.CH2O3.CH4O.2K.H/c1-3-20-15(19)14(18)12-5-4-11(13(17)10-12)6-7-16(2)21-8-9-22-16;1-12(15-6-7-16-12)5-4-9-2-3-10(13)8-11(9)14;1-7(13)2-3-8-4-5-9(11)6-10(8)12;8-4-5-1-2-6(9)3-7(5)10;1-3-9-6(8)4-5(2)7;1-4(6)3-5(2)7;3-1-2-4;2-1-4-3;1-2;;;/h4-5,10H,3,6-9H2,1-2H3;2-3,8H,4-7H2,1H3;4-6H,2-3H2,1H3;1-3H,4H2;3-4H2,1-2H3;3H2,1-2H3;3-4H,1-2H2;1,3H;2H,1H3;;;/q;;;;;;;;;2*+1;-1/p-1. The first-order valence-electron chi connectivity index (χ1n) is 26.4. The minimum absolute atomic E-state index is 0. The molecule has 4 aromatic carbocycles. The minimum atomic E-state index is -0.977. The van der Waals surface area contributed by atoms with Gasteiger partial charge in [-0.1, -0.05) is 94.1 Å². The Balaban J connectivity index is -0.000000234. The molecule has 4 aromatic rings. The van der Waals surface area contributed by atoms with Gasteiger partial charge in [-0.2, -0.15) is 0 Å². The molecule has 6 rings (SSSR count). The van der Waals surface area contributed by atoms with Crippen molar-refractivity contribution in [3.8, 4) is 0 Å². The number of carbonyl (C=O) groups excluding carboxylic acids is 8. The van der Waals surface area contributed by atoms with Gasteiger partial charge in [-0.3, -0.25) is 28.8 Å². The fourth-order valence-corrected chi connectivity index (χ4v) is 7.94. The average Bonchev–Trinajstić information content (AvgIpc) is 2.94. The van der Waals surface area contributed by atoms with Gasteiger partial charge in [0.25, 0.3) is 12.3 Å². The Hall–Kier alpha value is -1.77. The van der Waals surface area contributed by atoms with E-state index in [1.54, 1.807) is 38.1 Å². The topological polar surface area (TPSA) is 285 Å². The molecule has 0 saturated carbocycles. The molecule has 2 saturated heterocycles. The number of ketones is 5. The van der Waals surface area contributed by atoms with E-state index < -0.39 is 35.1 Å². The maximum absolute atomic E-state index is 14.1. The summed E-state index contributed by atoms with van der Waals surface area (Å²) >= 11 is 12.8. The number of aryl methyl sites for hydroxylation is 3. The largest absolute Gasteiger partial charge is 1.00 e. The zero-order valence-electron chi connectivity index (χ0n) is 52.9. The van der Waals surface area contributed by atoms with E-state index >= 15 is 0 Å². The molecule has 0 aromatic heterocycles. The fourth-order valence-electron chi connectivity index (χ4n) is 6.49. The van der Waals surface area contributed by atoms with E-state index in [1.807, 2.05) is 26.0 Å². The van der Waals surface area contributed by atoms with Crippen molar-refractivity contribution in [2.75, 3.05) is 60.0 Å². The number of carbonyl (C=O) groups is 8. The summed E-state index contributed by atoms with van der Waals surface area (Å²) in [4.78, 5) is 85.7. The molecule has 0 atom stereocenters. The van der Waals surface area contributed by atoms with E-state index in [0.29, 0.717) is 99.1 Å². The number of alkyl halides is 1. The molecular formula is C60H78Br4F4K2O19. The van der Waals surface area contributed by atoms with Gasteiger partial charge >= 0.3 is 115 Å². The first-order chi connectivity index (χ1) is 41.0. The van der Waals surface area contributed by atoms with Crippen molar-refractivity contribution in [3.63, 3.8) is 0 Å². The molecule has 490 valence electrons. The summed E-state index contributed by atoms with van der Waals surface area (Å²) in [6, 6.07) is 19.0. The van der Waals surface area contributed by atoms with Crippen molar-refractivity contribution in [2.45, 2.75) is 124 Å². The normalized spacial score (nSPS) is 12.2. The van der Waals surface area contributed by atoms with Crippen molar-refractivity contribution in [1.29, 1.82) is 0 Å². The molecule has 2 aliphatic rings. The number of ether oxygens (including phenoxy) is 6. The Morgan fingerprint density at radius 3 is 1.19 bits per heavy atom. The quantitative estimate of drug-likeness (QED) is 0.0106. The number of hydrogen-bond acceptors (Lipinski definition) is 19. The maximum atomic E-state index is 14.1. The van der Waals surface area contributed by atoms with Crippen molar-refractivity contribution in [3.05, 3.63) is 137 Å². The third-order valence-corrected chi connectivity index (χ3v) is 12.6. The van der Waals surface area contributed by atoms with Gasteiger partial charge in [0.2, 0.25) is 0 Å². The van der Waals surface area contributed by atoms with Crippen LogP contribution in [0.4, 0.5) is 17.6 Å². The first kappa shape index (κ1) is 95.9. The predicted octanol–water partition coefficient (Wildman–Crippen LogP) is 4.36. The van der Waals surface area contributed by atoms with Crippen molar-refractivity contribution < 1.29 is 214 Å². The summed E-state index contributed by atoms with van der Waals surface area (Å²) in [5.41, 5.74) is 2.41. The summed E-state index contributed by atoms with van der Waals surface area (Å²) in [7, 11) is 1.00. The molecule has 0 unspecified atom stereocenters. The van der Waals surface area contributed by atoms with Crippen LogP contribution in [0.3, 0.4) is 0 Å². The van der Waals surface area contributed by atoms with Crippen molar-refractivity contribution in [2.24, 2.45) is 0 Å². The minimum Gasteiger partial charge on any atom is -1.00 e. The number of halogens is 8. The van der Waals surface area contributed by atoms with Crippen LogP contribution in [0, 0.1) is 23.3 Å². The molecule has 19 nitrogen and oxygen atoms in total. The summed E-state index contributed by atoms with van der Waals surface area (Å²) < 4.78 is 86.8. The van der Waals surface area contributed by atoms with Crippen LogP contribution >= 0.6 is 63.7 Å². The molecule has 0 spiro atoms. The van der Waals surface area contributed by atoms with Crippen LogP contribution in [0.1, 0.15) is 122 Å². The Bertz CT molecular complexity index is 2700. The van der Waals surface area contributed by atoms with Crippen LogP contribution in [-0.2, 0) is 91.5 Å². The van der Waals surface area contributed by atoms with Crippen LogP contribution in [0.5, 0.6) is 0 Å². The summed E-state index contributed by atoms with van der Waals surface area (Å²) in [5, 5.41) is 31.2. The van der Waals surface area contributed by atoms with Gasteiger partial charge in [-0.25, -0.2) is 22.4 Å². The van der Waals surface area contributed by atoms with E-state index in [0.717, 1.165) is 26.6 Å². The van der Waals surface area contributed by atoms with E-state index in [-0.39, 0.29) is 189 Å². The van der Waals surface area contributed by atoms with Crippen LogP contribution in [-0.4, -0.2) is 134 Å². The molecule has 0 amide bonds. The molecule has 0 bridgehead atoms. The average molecular weight is 1580 g/mol. The van der Waals surface area contributed by atoms with E-state index in [1.165, 1.54) is 58.0 Å². The zero-order chi connectivity index (χ0) is 67.1. The number of esters is 2. The second kappa shape index (κ2) is 57.7. The molecule has 0 aliphatic carbocycles. The number of benzene rings is 4. The van der Waals surface area contributed by atoms with E-state index in [4.69, 9.17) is 44.3 Å². The second-order valence-electron chi connectivity index (χ2n) is 18.0. The van der Waals surface area contributed by atoms with Crippen molar-refractivity contribution >= 4 is 111 Å². The smallest absolute Gasteiger partial charge is 1.00 e. The van der Waals surface area contributed by atoms with Crippen LogP contribution in [0.15, 0.2) is 86.2 Å². The Kier molecular flexibility index (Phi) is 62.1. The third kappa shape index (κ3) is 49.5. The Labute approximate surface area is 637 Å². The van der Waals surface area contributed by atoms with E-state index in [9.17, 15) is 51.1 Å². The Morgan fingerprint density at radius 1 is 0.573 bits per heavy atom. The SMILES string of the molecule is CC(=O)CC(C)=O.CC(=O)CCc1ccc(Br)cc1F.CC1(CCc2ccc(Br)cc2F)OCCO1.CCOC(=O)C(=O)c1ccc(CCC2(C)OCCO2)c(F)c1.CCOC(=O)CC(C)=O.CO.Fc1cc(Br)ccc1CBr.O=CO[O-].OCCO.[H-].[K+].[K+]. The van der Waals surface area contributed by atoms with Crippen LogP contribution in [0.25, 0.3) is 0 Å². The van der Waals surface area contributed by atoms with Gasteiger partial charge in [0.15, 0.2) is 11.6 Å².